The van der Waals surface area contributed by atoms with Crippen LogP contribution in [0.4, 0.5) is 9.18 Å². The van der Waals surface area contributed by atoms with Gasteiger partial charge in [0, 0.05) is 5.56 Å². The molecule has 7 heteroatoms. The molecule has 0 bridgehead atoms. The molecule has 2 N–H and O–H groups in total. The second kappa shape index (κ2) is 6.24. The highest BCUT2D eigenvalue weighted by molar-refractivity contribution is 6.17. The first kappa shape index (κ1) is 13.5. The minimum absolute atomic E-state index is 0.0610. The second-order valence-electron chi connectivity index (χ2n) is 3.31. The average Bonchev–Trinajstić information content (AvgIpc) is 2.26. The molecule has 1 aromatic heterocycles. The number of amides is 1. The Bertz CT molecular complexity index is 403. The molecule has 17 heavy (non-hydrogen) atoms. The first-order chi connectivity index (χ1) is 8.02. The maximum absolute atomic E-state index is 12.8. The summed E-state index contributed by atoms with van der Waals surface area (Å²) in [6.45, 7) is 1.67. The van der Waals surface area contributed by atoms with Crippen molar-refractivity contribution in [2.75, 3.05) is 6.61 Å². The van der Waals surface area contributed by atoms with E-state index in [4.69, 9.17) is 22.1 Å². The SMILES string of the molecule is CC(COc1ncc(F)cc1CCl)OC(N)=O. The van der Waals surface area contributed by atoms with Gasteiger partial charge in [0.2, 0.25) is 5.88 Å². The third-order valence-corrected chi connectivity index (χ3v) is 2.10. The summed E-state index contributed by atoms with van der Waals surface area (Å²) in [6.07, 6.45) is -0.390. The van der Waals surface area contributed by atoms with Crippen LogP contribution < -0.4 is 10.5 Å². The molecule has 0 saturated carbocycles. The van der Waals surface area contributed by atoms with Crippen molar-refractivity contribution in [2.45, 2.75) is 18.9 Å². The van der Waals surface area contributed by atoms with Gasteiger partial charge in [-0.1, -0.05) is 0 Å². The fraction of sp³-hybridized carbons (Fsp3) is 0.400. The Morgan fingerprint density at radius 1 is 1.71 bits per heavy atom. The van der Waals surface area contributed by atoms with E-state index in [-0.39, 0.29) is 18.4 Å². The van der Waals surface area contributed by atoms with E-state index in [0.29, 0.717) is 5.56 Å². The summed E-state index contributed by atoms with van der Waals surface area (Å²) in [4.78, 5) is 14.2. The minimum atomic E-state index is -0.884. The molecule has 5 nitrogen and oxygen atoms in total. The third-order valence-electron chi connectivity index (χ3n) is 1.81. The van der Waals surface area contributed by atoms with Crippen molar-refractivity contribution in [2.24, 2.45) is 5.73 Å². The lowest BCUT2D eigenvalue weighted by Crippen LogP contribution is -2.25. The van der Waals surface area contributed by atoms with Crippen LogP contribution in [0, 0.1) is 5.82 Å². The monoisotopic (exact) mass is 262 g/mol. The molecule has 0 radical (unpaired) electrons. The maximum atomic E-state index is 12.8. The Morgan fingerprint density at radius 3 is 3.00 bits per heavy atom. The first-order valence-electron chi connectivity index (χ1n) is 4.82. The number of alkyl halides is 1. The number of rotatable bonds is 5. The number of carbonyl (C=O) groups is 1. The Kier molecular flexibility index (Phi) is 4.96. The molecule has 0 aliphatic heterocycles. The van der Waals surface area contributed by atoms with E-state index in [0.717, 1.165) is 6.20 Å². The predicted molar refractivity (Wildman–Crippen MR) is 59.4 cm³/mol. The number of aromatic nitrogens is 1. The van der Waals surface area contributed by atoms with Crippen LogP contribution in [0.3, 0.4) is 0 Å². The molecular formula is C10H12ClFN2O3. The number of hydrogen-bond donors (Lipinski definition) is 1. The summed E-state index contributed by atoms with van der Waals surface area (Å²) >= 11 is 5.61. The van der Waals surface area contributed by atoms with Crippen LogP contribution in [0.15, 0.2) is 12.3 Å². The van der Waals surface area contributed by atoms with Gasteiger partial charge in [-0.2, -0.15) is 0 Å². The van der Waals surface area contributed by atoms with Crippen molar-refractivity contribution in [3.8, 4) is 5.88 Å². The summed E-state index contributed by atoms with van der Waals surface area (Å²) < 4.78 is 22.7. The highest BCUT2D eigenvalue weighted by atomic mass is 35.5. The highest BCUT2D eigenvalue weighted by Crippen LogP contribution is 2.18. The summed E-state index contributed by atoms with van der Waals surface area (Å²) in [6, 6.07) is 1.23. The molecule has 1 amide bonds. The van der Waals surface area contributed by atoms with E-state index < -0.39 is 18.0 Å². The first-order valence-corrected chi connectivity index (χ1v) is 5.35. The number of halogens is 2. The molecule has 0 aliphatic rings. The molecule has 94 valence electrons. The molecule has 0 fully saturated rings. The Balaban J connectivity index is 2.59. The molecule has 1 atom stereocenters. The molecule has 1 heterocycles. The van der Waals surface area contributed by atoms with E-state index in [2.05, 4.69) is 9.72 Å². The van der Waals surface area contributed by atoms with Crippen molar-refractivity contribution in [3.63, 3.8) is 0 Å². The topological polar surface area (TPSA) is 74.4 Å². The van der Waals surface area contributed by atoms with Crippen LogP contribution in [0.5, 0.6) is 5.88 Å². The van der Waals surface area contributed by atoms with Crippen LogP contribution in [0.25, 0.3) is 0 Å². The molecule has 0 aromatic carbocycles. The molecule has 0 aliphatic carbocycles. The van der Waals surface area contributed by atoms with Crippen molar-refractivity contribution < 1.29 is 18.7 Å². The number of nitrogens with two attached hydrogens (primary N) is 1. The van der Waals surface area contributed by atoms with Gasteiger partial charge in [-0.25, -0.2) is 14.2 Å². The average molecular weight is 263 g/mol. The van der Waals surface area contributed by atoms with E-state index in [9.17, 15) is 9.18 Å². The van der Waals surface area contributed by atoms with E-state index in [1.165, 1.54) is 6.07 Å². The molecule has 0 spiro atoms. The van der Waals surface area contributed by atoms with Crippen molar-refractivity contribution in [1.29, 1.82) is 0 Å². The molecule has 1 unspecified atom stereocenters. The molecule has 0 saturated heterocycles. The number of carbonyl (C=O) groups excluding carboxylic acids is 1. The zero-order valence-corrected chi connectivity index (χ0v) is 9.91. The van der Waals surface area contributed by atoms with Crippen molar-refractivity contribution in [3.05, 3.63) is 23.6 Å². The van der Waals surface area contributed by atoms with Crippen molar-refractivity contribution in [1.82, 2.24) is 4.98 Å². The smallest absolute Gasteiger partial charge is 0.404 e. The van der Waals surface area contributed by atoms with E-state index >= 15 is 0 Å². The number of primary amides is 1. The quantitative estimate of drug-likeness (QED) is 0.822. The molecule has 1 aromatic rings. The Hall–Kier alpha value is -1.56. The van der Waals surface area contributed by atoms with Gasteiger partial charge in [0.25, 0.3) is 0 Å². The fourth-order valence-electron chi connectivity index (χ4n) is 1.12. The lowest BCUT2D eigenvalue weighted by Gasteiger charge is -2.13. The van der Waals surface area contributed by atoms with Gasteiger partial charge in [-0.3, -0.25) is 0 Å². The van der Waals surface area contributed by atoms with E-state index in [1.54, 1.807) is 6.92 Å². The van der Waals surface area contributed by atoms with Crippen LogP contribution in [0.2, 0.25) is 0 Å². The fourth-order valence-corrected chi connectivity index (χ4v) is 1.31. The van der Waals surface area contributed by atoms with E-state index in [1.807, 2.05) is 0 Å². The van der Waals surface area contributed by atoms with Gasteiger partial charge in [0.05, 0.1) is 12.1 Å². The lowest BCUT2D eigenvalue weighted by atomic mass is 10.3. The zero-order chi connectivity index (χ0) is 12.8. The molecular weight excluding hydrogens is 251 g/mol. The highest BCUT2D eigenvalue weighted by Gasteiger charge is 2.10. The number of ether oxygens (including phenoxy) is 2. The summed E-state index contributed by atoms with van der Waals surface area (Å²) in [7, 11) is 0. The van der Waals surface area contributed by atoms with Gasteiger partial charge in [0.15, 0.2) is 0 Å². The van der Waals surface area contributed by atoms with Gasteiger partial charge in [-0.15, -0.1) is 11.6 Å². The van der Waals surface area contributed by atoms with Crippen LogP contribution >= 0.6 is 11.6 Å². The summed E-state index contributed by atoms with van der Waals surface area (Å²) in [5.41, 5.74) is 5.26. The number of pyridine rings is 1. The number of nitrogens with zero attached hydrogens (tertiary/aromatic N) is 1. The van der Waals surface area contributed by atoms with Gasteiger partial charge >= 0.3 is 6.09 Å². The lowest BCUT2D eigenvalue weighted by molar-refractivity contribution is 0.0805. The normalized spacial score (nSPS) is 11.9. The van der Waals surface area contributed by atoms with Crippen LogP contribution in [-0.4, -0.2) is 23.8 Å². The van der Waals surface area contributed by atoms with Crippen LogP contribution in [0.1, 0.15) is 12.5 Å². The Morgan fingerprint density at radius 2 is 2.41 bits per heavy atom. The largest absolute Gasteiger partial charge is 0.474 e. The van der Waals surface area contributed by atoms with Crippen LogP contribution in [-0.2, 0) is 10.6 Å². The zero-order valence-electron chi connectivity index (χ0n) is 9.15. The van der Waals surface area contributed by atoms with Gasteiger partial charge in [0.1, 0.15) is 18.5 Å². The minimum Gasteiger partial charge on any atom is -0.474 e. The van der Waals surface area contributed by atoms with Crippen molar-refractivity contribution >= 4 is 17.7 Å². The second-order valence-corrected chi connectivity index (χ2v) is 3.58. The maximum Gasteiger partial charge on any atom is 0.404 e. The third kappa shape index (κ3) is 4.44. The van der Waals surface area contributed by atoms with Gasteiger partial charge < -0.3 is 15.2 Å². The Labute approximate surface area is 103 Å². The summed E-state index contributed by atoms with van der Waals surface area (Å²) in [5.74, 6) is -0.207. The summed E-state index contributed by atoms with van der Waals surface area (Å²) in [5, 5.41) is 0. The van der Waals surface area contributed by atoms with Gasteiger partial charge in [-0.05, 0) is 13.0 Å². The molecule has 1 rings (SSSR count). The standard InChI is InChI=1S/C10H12ClFN2O3/c1-6(17-10(13)15)5-16-9-7(3-11)2-8(12)4-14-9/h2,4,6H,3,5H2,1H3,(H2,13,15). The number of hydrogen-bond acceptors (Lipinski definition) is 4. The predicted octanol–water partition coefficient (Wildman–Crippen LogP) is 1.82.